The second kappa shape index (κ2) is 4.00. The highest BCUT2D eigenvalue weighted by Gasteiger charge is 2.41. The van der Waals surface area contributed by atoms with E-state index >= 15 is 0 Å². The van der Waals surface area contributed by atoms with E-state index in [1.807, 2.05) is 18.2 Å². The monoisotopic (exact) mass is 259 g/mol. The molecule has 0 unspecified atom stereocenters. The Hall–Kier alpha value is -1.53. The van der Waals surface area contributed by atoms with Crippen LogP contribution in [0, 0.1) is 11.3 Å². The molecule has 0 spiro atoms. The van der Waals surface area contributed by atoms with Crippen LogP contribution in [0.3, 0.4) is 0 Å². The van der Waals surface area contributed by atoms with Gasteiger partial charge in [0.2, 0.25) is 0 Å². The maximum Gasteiger partial charge on any atom is 0.111 e. The number of fused-ring (bicyclic) bond motifs is 1. The summed E-state index contributed by atoms with van der Waals surface area (Å²) in [5.41, 5.74) is 2.88. The highest BCUT2D eigenvalue weighted by molar-refractivity contribution is 6.17. The third-order valence-electron chi connectivity index (χ3n) is 3.68. The second-order valence-electron chi connectivity index (χ2n) is 5.11. The Kier molecular flexibility index (Phi) is 2.57. The van der Waals surface area contributed by atoms with Gasteiger partial charge < -0.3 is 4.57 Å². The van der Waals surface area contributed by atoms with Crippen molar-refractivity contribution in [1.82, 2.24) is 9.55 Å². The van der Waals surface area contributed by atoms with Crippen molar-refractivity contribution in [2.45, 2.75) is 31.7 Å². The molecule has 0 N–H and O–H groups in total. The van der Waals surface area contributed by atoms with Crippen LogP contribution in [0.5, 0.6) is 0 Å². The van der Waals surface area contributed by atoms with Crippen LogP contribution in [-0.2, 0) is 12.0 Å². The lowest BCUT2D eigenvalue weighted by atomic mass is 10.2. The van der Waals surface area contributed by atoms with E-state index in [0.29, 0.717) is 11.4 Å². The van der Waals surface area contributed by atoms with Gasteiger partial charge in [-0.25, -0.2) is 4.98 Å². The lowest BCUT2D eigenvalue weighted by molar-refractivity contribution is 0.525. The van der Waals surface area contributed by atoms with Crippen molar-refractivity contribution in [3.63, 3.8) is 0 Å². The molecule has 0 atom stereocenters. The van der Waals surface area contributed by atoms with Crippen LogP contribution < -0.4 is 0 Å². The third-order valence-corrected chi connectivity index (χ3v) is 3.87. The van der Waals surface area contributed by atoms with Crippen molar-refractivity contribution in [3.8, 4) is 6.07 Å². The number of nitrogens with zero attached hydrogens (tertiary/aromatic N) is 3. The summed E-state index contributed by atoms with van der Waals surface area (Å²) in [5.74, 6) is 1.61. The van der Waals surface area contributed by atoms with Crippen LogP contribution >= 0.6 is 11.6 Å². The zero-order valence-corrected chi connectivity index (χ0v) is 11.0. The van der Waals surface area contributed by atoms with E-state index in [2.05, 4.69) is 22.5 Å². The highest BCUT2D eigenvalue weighted by Crippen LogP contribution is 2.45. The van der Waals surface area contributed by atoms with Crippen LogP contribution in [0.15, 0.2) is 18.2 Å². The van der Waals surface area contributed by atoms with Gasteiger partial charge in [-0.15, -0.1) is 11.6 Å². The summed E-state index contributed by atoms with van der Waals surface area (Å²) in [5, 5.41) is 9.02. The van der Waals surface area contributed by atoms with Crippen LogP contribution in [0.4, 0.5) is 0 Å². The van der Waals surface area contributed by atoms with Gasteiger partial charge in [-0.1, -0.05) is 0 Å². The quantitative estimate of drug-likeness (QED) is 0.795. The first-order valence-electron chi connectivity index (χ1n) is 6.16. The first-order valence-corrected chi connectivity index (χ1v) is 6.69. The Morgan fingerprint density at radius 2 is 2.28 bits per heavy atom. The first-order chi connectivity index (χ1) is 8.68. The first kappa shape index (κ1) is 11.6. The van der Waals surface area contributed by atoms with E-state index in [4.69, 9.17) is 16.9 Å². The third kappa shape index (κ3) is 1.69. The molecule has 1 aliphatic rings. The minimum atomic E-state index is 0.171. The number of aryl methyl sites for hydroxylation is 1. The number of alkyl halides is 1. The molecule has 92 valence electrons. The average Bonchev–Trinajstić information content (AvgIpc) is 3.00. The van der Waals surface area contributed by atoms with Crippen LogP contribution in [0.25, 0.3) is 11.0 Å². The van der Waals surface area contributed by atoms with Crippen molar-refractivity contribution in [2.75, 3.05) is 5.88 Å². The van der Waals surface area contributed by atoms with Gasteiger partial charge in [-0.05, 0) is 38.0 Å². The van der Waals surface area contributed by atoms with Crippen LogP contribution in [0.2, 0.25) is 0 Å². The number of halogens is 1. The molecule has 18 heavy (non-hydrogen) atoms. The summed E-state index contributed by atoms with van der Waals surface area (Å²) in [6, 6.07) is 7.87. The summed E-state index contributed by atoms with van der Waals surface area (Å²) in [6.45, 7) is 2.24. The van der Waals surface area contributed by atoms with Crippen molar-refractivity contribution in [3.05, 3.63) is 29.6 Å². The molecule has 1 aromatic heterocycles. The number of nitriles is 1. The van der Waals surface area contributed by atoms with Gasteiger partial charge in [0.25, 0.3) is 0 Å². The van der Waals surface area contributed by atoms with Gasteiger partial charge in [-0.3, -0.25) is 0 Å². The number of benzene rings is 1. The molecule has 3 rings (SSSR count). The normalized spacial score (nSPS) is 16.7. The predicted octanol–water partition coefficient (Wildman–Crippen LogP) is 3.20. The zero-order chi connectivity index (χ0) is 12.8. The molecular weight excluding hydrogens is 246 g/mol. The Morgan fingerprint density at radius 3 is 2.89 bits per heavy atom. The molecular formula is C14H14ClN3. The topological polar surface area (TPSA) is 41.6 Å². The molecule has 0 amide bonds. The fourth-order valence-electron chi connectivity index (χ4n) is 2.45. The second-order valence-corrected chi connectivity index (χ2v) is 5.49. The summed E-state index contributed by atoms with van der Waals surface area (Å²) in [7, 11) is 0. The molecule has 1 saturated carbocycles. The minimum absolute atomic E-state index is 0.171. The Bertz CT molecular complexity index is 647. The lowest BCUT2D eigenvalue weighted by Crippen LogP contribution is -2.16. The van der Waals surface area contributed by atoms with E-state index in [-0.39, 0.29) is 5.54 Å². The molecule has 4 heteroatoms. The van der Waals surface area contributed by atoms with Gasteiger partial charge in [0.05, 0.1) is 22.7 Å². The molecule has 0 radical (unpaired) electrons. The molecule has 1 aromatic carbocycles. The van der Waals surface area contributed by atoms with E-state index in [1.165, 1.54) is 12.8 Å². The van der Waals surface area contributed by atoms with E-state index < -0.39 is 0 Å². The summed E-state index contributed by atoms with van der Waals surface area (Å²) in [6.07, 6.45) is 3.11. The van der Waals surface area contributed by atoms with E-state index in [9.17, 15) is 0 Å². The van der Waals surface area contributed by atoms with Crippen molar-refractivity contribution >= 4 is 22.6 Å². The SMILES string of the molecule is CC1(n2c(CCCl)nc3ccc(C#N)cc32)CC1. The molecule has 3 nitrogen and oxygen atoms in total. The van der Waals surface area contributed by atoms with Crippen molar-refractivity contribution in [2.24, 2.45) is 0 Å². The number of imidazole rings is 1. The standard InChI is InChI=1S/C14H14ClN3/c1-14(5-6-14)18-12-8-10(9-16)2-3-11(12)17-13(18)4-7-15/h2-3,8H,4-7H2,1H3. The Balaban J connectivity index is 2.26. The maximum atomic E-state index is 9.02. The van der Waals surface area contributed by atoms with Gasteiger partial charge in [-0.2, -0.15) is 5.26 Å². The Labute approximate surface area is 111 Å². The predicted molar refractivity (Wildman–Crippen MR) is 71.8 cm³/mol. The van der Waals surface area contributed by atoms with Crippen LogP contribution in [0.1, 0.15) is 31.2 Å². The smallest absolute Gasteiger partial charge is 0.111 e. The van der Waals surface area contributed by atoms with Gasteiger partial charge in [0, 0.05) is 17.8 Å². The van der Waals surface area contributed by atoms with Gasteiger partial charge in [0.15, 0.2) is 0 Å². The fourth-order valence-corrected chi connectivity index (χ4v) is 2.62. The minimum Gasteiger partial charge on any atom is -0.322 e. The summed E-state index contributed by atoms with van der Waals surface area (Å²) in [4.78, 5) is 4.65. The number of rotatable bonds is 3. The molecule has 1 fully saturated rings. The van der Waals surface area contributed by atoms with E-state index in [0.717, 1.165) is 23.3 Å². The molecule has 0 saturated heterocycles. The fraction of sp³-hybridized carbons (Fsp3) is 0.429. The molecule has 1 heterocycles. The molecule has 2 aromatic rings. The molecule has 0 bridgehead atoms. The average molecular weight is 260 g/mol. The number of hydrogen-bond acceptors (Lipinski definition) is 2. The maximum absolute atomic E-state index is 9.02. The summed E-state index contributed by atoms with van der Waals surface area (Å²) < 4.78 is 2.28. The van der Waals surface area contributed by atoms with E-state index in [1.54, 1.807) is 0 Å². The summed E-state index contributed by atoms with van der Waals surface area (Å²) >= 11 is 5.86. The number of hydrogen-bond donors (Lipinski definition) is 0. The van der Waals surface area contributed by atoms with Crippen molar-refractivity contribution in [1.29, 1.82) is 5.26 Å². The lowest BCUT2D eigenvalue weighted by Gasteiger charge is -2.15. The highest BCUT2D eigenvalue weighted by atomic mass is 35.5. The van der Waals surface area contributed by atoms with Gasteiger partial charge in [0.1, 0.15) is 5.82 Å². The van der Waals surface area contributed by atoms with Gasteiger partial charge >= 0.3 is 0 Å². The zero-order valence-electron chi connectivity index (χ0n) is 10.3. The number of aromatic nitrogens is 2. The largest absolute Gasteiger partial charge is 0.322 e. The van der Waals surface area contributed by atoms with Crippen molar-refractivity contribution < 1.29 is 0 Å². The molecule has 0 aliphatic heterocycles. The van der Waals surface area contributed by atoms with Crippen LogP contribution in [-0.4, -0.2) is 15.4 Å². The molecule has 1 aliphatic carbocycles. The Morgan fingerprint density at radius 1 is 1.50 bits per heavy atom.